The van der Waals surface area contributed by atoms with Crippen molar-refractivity contribution < 1.29 is 9.18 Å². The average Bonchev–Trinajstić information content (AvgIpc) is 2.39. The minimum Gasteiger partial charge on any atom is -0.317 e. The first-order valence-corrected chi connectivity index (χ1v) is 6.10. The summed E-state index contributed by atoms with van der Waals surface area (Å²) in [5.41, 5.74) is 1.27. The van der Waals surface area contributed by atoms with Crippen LogP contribution < -0.4 is 5.32 Å². The highest BCUT2D eigenvalue weighted by atomic mass is 19.1. The van der Waals surface area contributed by atoms with Gasteiger partial charge >= 0.3 is 0 Å². The zero-order valence-electron chi connectivity index (χ0n) is 9.54. The maximum Gasteiger partial charge on any atom is 0.257 e. The van der Waals surface area contributed by atoms with Gasteiger partial charge in [0.15, 0.2) is 6.67 Å². The number of rotatable bonds is 2. The second-order valence-corrected chi connectivity index (χ2v) is 4.53. The van der Waals surface area contributed by atoms with E-state index in [4.69, 9.17) is 0 Å². The highest BCUT2D eigenvalue weighted by Crippen LogP contribution is 2.23. The summed E-state index contributed by atoms with van der Waals surface area (Å²) in [6.45, 7) is 0.833. The van der Waals surface area contributed by atoms with E-state index in [0.29, 0.717) is 12.6 Å². The number of nitrogens with one attached hydrogen (secondary N) is 1. The third-order valence-electron chi connectivity index (χ3n) is 3.38. The molecule has 0 radical (unpaired) electrons. The van der Waals surface area contributed by atoms with E-state index in [-0.39, 0.29) is 0 Å². The summed E-state index contributed by atoms with van der Waals surface area (Å²) < 4.78 is 12.3. The lowest BCUT2D eigenvalue weighted by atomic mass is 9.93. The molecule has 0 aromatic heterocycles. The van der Waals surface area contributed by atoms with Gasteiger partial charge in [0.25, 0.3) is 5.91 Å². The molecular formula is C12H19FN2O. The normalized spacial score (nSPS) is 26.4. The highest BCUT2D eigenvalue weighted by molar-refractivity contribution is 5.78. The Kier molecular flexibility index (Phi) is 3.93. The van der Waals surface area contributed by atoms with E-state index in [9.17, 15) is 9.18 Å². The molecule has 0 aromatic rings. The van der Waals surface area contributed by atoms with Crippen molar-refractivity contribution >= 4 is 5.91 Å². The van der Waals surface area contributed by atoms with E-state index < -0.39 is 12.6 Å². The van der Waals surface area contributed by atoms with Gasteiger partial charge in [0.1, 0.15) is 0 Å². The highest BCUT2D eigenvalue weighted by Gasteiger charge is 2.22. The summed E-state index contributed by atoms with van der Waals surface area (Å²) in [5.74, 6) is -0.409. The van der Waals surface area contributed by atoms with Crippen molar-refractivity contribution in [2.24, 2.45) is 0 Å². The molecule has 3 nitrogen and oxygen atoms in total. The van der Waals surface area contributed by atoms with Crippen LogP contribution >= 0.6 is 0 Å². The van der Waals surface area contributed by atoms with Gasteiger partial charge in [-0.3, -0.25) is 4.79 Å². The summed E-state index contributed by atoms with van der Waals surface area (Å²) in [6, 6.07) is 0.406. The molecule has 0 bridgehead atoms. The summed E-state index contributed by atoms with van der Waals surface area (Å²) in [4.78, 5) is 12.8. The van der Waals surface area contributed by atoms with Crippen molar-refractivity contribution in [1.82, 2.24) is 10.2 Å². The van der Waals surface area contributed by atoms with E-state index in [1.807, 2.05) is 6.20 Å². The second kappa shape index (κ2) is 5.43. The number of carbonyl (C=O) groups excluding carboxylic acids is 1. The lowest BCUT2D eigenvalue weighted by Gasteiger charge is -2.31. The molecule has 0 aliphatic carbocycles. The van der Waals surface area contributed by atoms with Gasteiger partial charge in [-0.15, -0.1) is 0 Å². The number of hydrogen-bond donors (Lipinski definition) is 1. The quantitative estimate of drug-likeness (QED) is 0.775. The Balaban J connectivity index is 2.02. The number of amides is 1. The molecule has 1 saturated heterocycles. The molecule has 16 heavy (non-hydrogen) atoms. The number of alkyl halides is 1. The Morgan fingerprint density at radius 2 is 2.38 bits per heavy atom. The minimum absolute atomic E-state index is 0.406. The van der Waals surface area contributed by atoms with Crippen molar-refractivity contribution in [3.05, 3.63) is 11.8 Å². The van der Waals surface area contributed by atoms with Gasteiger partial charge in [-0.05, 0) is 37.8 Å². The van der Waals surface area contributed by atoms with Crippen molar-refractivity contribution in [2.75, 3.05) is 19.8 Å². The van der Waals surface area contributed by atoms with Crippen LogP contribution in [0.3, 0.4) is 0 Å². The largest absolute Gasteiger partial charge is 0.317 e. The summed E-state index contributed by atoms with van der Waals surface area (Å²) in [7, 11) is 0. The second-order valence-electron chi connectivity index (χ2n) is 4.53. The molecule has 1 amide bonds. The number of piperidine rings is 1. The molecule has 1 N–H and O–H groups in total. The van der Waals surface area contributed by atoms with Crippen LogP contribution in [0.2, 0.25) is 0 Å². The van der Waals surface area contributed by atoms with Gasteiger partial charge in [0.2, 0.25) is 0 Å². The molecule has 4 heteroatoms. The summed E-state index contributed by atoms with van der Waals surface area (Å²) in [5, 5.41) is 3.47. The fourth-order valence-electron chi connectivity index (χ4n) is 2.49. The van der Waals surface area contributed by atoms with Crippen LogP contribution in [0.25, 0.3) is 0 Å². The number of hydrogen-bond acceptors (Lipinski definition) is 2. The lowest BCUT2D eigenvalue weighted by Crippen LogP contribution is -2.39. The third kappa shape index (κ3) is 2.61. The van der Waals surface area contributed by atoms with Gasteiger partial charge in [-0.25, -0.2) is 4.39 Å². The van der Waals surface area contributed by atoms with Crippen LogP contribution in [0, 0.1) is 0 Å². The predicted octanol–water partition coefficient (Wildman–Crippen LogP) is 1.60. The maximum absolute atomic E-state index is 12.3. The Labute approximate surface area is 95.7 Å². The lowest BCUT2D eigenvalue weighted by molar-refractivity contribution is -0.129. The van der Waals surface area contributed by atoms with Crippen LogP contribution in [-0.2, 0) is 4.79 Å². The molecule has 2 heterocycles. The Hall–Kier alpha value is -0.900. The SMILES string of the molecule is O=C(CF)N1C=C(C2CCCCN2)CCC1. The first kappa shape index (κ1) is 11.6. The number of carbonyl (C=O) groups is 1. The van der Waals surface area contributed by atoms with Gasteiger partial charge in [-0.2, -0.15) is 0 Å². The van der Waals surface area contributed by atoms with Crippen molar-refractivity contribution in [3.8, 4) is 0 Å². The zero-order valence-corrected chi connectivity index (χ0v) is 9.54. The van der Waals surface area contributed by atoms with Crippen molar-refractivity contribution in [3.63, 3.8) is 0 Å². The molecule has 90 valence electrons. The molecule has 0 saturated carbocycles. The first-order chi connectivity index (χ1) is 7.81. The molecule has 0 spiro atoms. The molecule has 1 unspecified atom stereocenters. The smallest absolute Gasteiger partial charge is 0.257 e. The molecule has 2 aliphatic heterocycles. The van der Waals surface area contributed by atoms with Gasteiger partial charge in [0, 0.05) is 18.8 Å². The van der Waals surface area contributed by atoms with E-state index in [0.717, 1.165) is 25.8 Å². The van der Waals surface area contributed by atoms with Gasteiger partial charge in [-0.1, -0.05) is 6.42 Å². The third-order valence-corrected chi connectivity index (χ3v) is 3.38. The Bertz CT molecular complexity index is 285. The standard InChI is InChI=1S/C12H19FN2O/c13-8-12(16)15-7-3-4-10(9-15)11-5-1-2-6-14-11/h9,11,14H,1-8H2. The molecule has 1 atom stereocenters. The molecule has 2 aliphatic rings. The van der Waals surface area contributed by atoms with E-state index in [1.165, 1.54) is 23.3 Å². The Morgan fingerprint density at radius 3 is 3.06 bits per heavy atom. The van der Waals surface area contributed by atoms with Crippen LogP contribution in [0.4, 0.5) is 4.39 Å². The summed E-state index contributed by atoms with van der Waals surface area (Å²) in [6.07, 6.45) is 7.48. The minimum atomic E-state index is -0.887. The van der Waals surface area contributed by atoms with Crippen LogP contribution in [0.5, 0.6) is 0 Å². The van der Waals surface area contributed by atoms with Crippen LogP contribution in [0.15, 0.2) is 11.8 Å². The van der Waals surface area contributed by atoms with Crippen LogP contribution in [0.1, 0.15) is 32.1 Å². The van der Waals surface area contributed by atoms with E-state index in [2.05, 4.69) is 5.32 Å². The van der Waals surface area contributed by atoms with Crippen molar-refractivity contribution in [2.45, 2.75) is 38.1 Å². The van der Waals surface area contributed by atoms with E-state index in [1.54, 1.807) is 0 Å². The van der Waals surface area contributed by atoms with Gasteiger partial charge in [0.05, 0.1) is 0 Å². The molecule has 2 rings (SSSR count). The van der Waals surface area contributed by atoms with Crippen molar-refractivity contribution in [1.29, 1.82) is 0 Å². The zero-order chi connectivity index (χ0) is 11.4. The van der Waals surface area contributed by atoms with Crippen LogP contribution in [-0.4, -0.2) is 36.6 Å². The average molecular weight is 226 g/mol. The number of halogens is 1. The maximum atomic E-state index is 12.3. The fraction of sp³-hybridized carbons (Fsp3) is 0.750. The first-order valence-electron chi connectivity index (χ1n) is 6.10. The monoisotopic (exact) mass is 226 g/mol. The fourth-order valence-corrected chi connectivity index (χ4v) is 2.49. The topological polar surface area (TPSA) is 32.3 Å². The Morgan fingerprint density at radius 1 is 1.50 bits per heavy atom. The van der Waals surface area contributed by atoms with E-state index >= 15 is 0 Å². The number of nitrogens with zero attached hydrogens (tertiary/aromatic N) is 1. The predicted molar refractivity (Wildman–Crippen MR) is 60.6 cm³/mol. The van der Waals surface area contributed by atoms with Gasteiger partial charge < -0.3 is 10.2 Å². The molecular weight excluding hydrogens is 207 g/mol. The summed E-state index contributed by atoms with van der Waals surface area (Å²) >= 11 is 0. The molecule has 1 fully saturated rings. The molecule has 0 aromatic carbocycles.